The fraction of sp³-hybridized carbons (Fsp3) is 0.188. The molecule has 25 heavy (non-hydrogen) atoms. The summed E-state index contributed by atoms with van der Waals surface area (Å²) in [6, 6.07) is 11.7. The second-order valence-corrected chi connectivity index (χ2v) is 4.67. The first-order valence-electron chi connectivity index (χ1n) is 6.87. The summed E-state index contributed by atoms with van der Waals surface area (Å²) in [6.07, 6.45) is 0. The number of benzene rings is 2. The molecular formula is C16H17N3O6. The molecule has 0 aliphatic heterocycles. The van der Waals surface area contributed by atoms with Crippen LogP contribution in [0.25, 0.3) is 0 Å². The van der Waals surface area contributed by atoms with Crippen LogP contribution in [0.1, 0.15) is 17.8 Å². The molecule has 1 N–H and O–H groups in total. The van der Waals surface area contributed by atoms with Crippen LogP contribution in [-0.2, 0) is 0 Å². The maximum absolute atomic E-state index is 12.0. The molecule has 1 amide bonds. The Labute approximate surface area is 143 Å². The number of nitro benzene ring substituents is 2. The number of non-ortho nitro benzene ring substituents is 2. The zero-order valence-corrected chi connectivity index (χ0v) is 12.4. The Kier molecular flexibility index (Phi) is 7.01. The zero-order chi connectivity index (χ0) is 17.5. The summed E-state index contributed by atoms with van der Waals surface area (Å²) in [4.78, 5) is 32.0. The third kappa shape index (κ3) is 5.57. The number of para-hydroxylation sites is 1. The Bertz CT molecular complexity index is 731. The van der Waals surface area contributed by atoms with E-state index < -0.39 is 27.1 Å². The summed E-state index contributed by atoms with van der Waals surface area (Å²) in [6.45, 7) is 0.330. The molecule has 9 nitrogen and oxygen atoms in total. The third-order valence-electron chi connectivity index (χ3n) is 2.99. The number of rotatable bonds is 7. The van der Waals surface area contributed by atoms with Crippen molar-refractivity contribution in [3.05, 3.63) is 74.3 Å². The molecule has 0 aliphatic carbocycles. The fourth-order valence-electron chi connectivity index (χ4n) is 1.89. The standard InChI is InChI=1S/C15H13N3O6.CH4/c19-15(16-6-7-24-14-4-2-1-3-5-14)11-8-12(17(20)21)10-13(9-11)18(22)23;/h1-5,8-10H,6-7H2,(H,16,19);1H4. The normalized spacial score (nSPS) is 9.60. The molecule has 0 saturated heterocycles. The van der Waals surface area contributed by atoms with Crippen molar-refractivity contribution in [1.29, 1.82) is 0 Å². The van der Waals surface area contributed by atoms with Crippen LogP contribution in [0.2, 0.25) is 0 Å². The van der Waals surface area contributed by atoms with Crippen molar-refractivity contribution < 1.29 is 19.4 Å². The number of hydrogen-bond acceptors (Lipinski definition) is 6. The van der Waals surface area contributed by atoms with E-state index in [0.29, 0.717) is 5.75 Å². The molecule has 0 saturated carbocycles. The van der Waals surface area contributed by atoms with Crippen molar-refractivity contribution in [2.75, 3.05) is 13.2 Å². The van der Waals surface area contributed by atoms with Crippen molar-refractivity contribution in [1.82, 2.24) is 5.32 Å². The van der Waals surface area contributed by atoms with Crippen LogP contribution in [0.5, 0.6) is 5.75 Å². The van der Waals surface area contributed by atoms with E-state index >= 15 is 0 Å². The monoisotopic (exact) mass is 347 g/mol. The van der Waals surface area contributed by atoms with E-state index in [1.165, 1.54) is 0 Å². The second kappa shape index (κ2) is 8.96. The van der Waals surface area contributed by atoms with Gasteiger partial charge >= 0.3 is 0 Å². The molecule has 0 aliphatic rings. The van der Waals surface area contributed by atoms with Gasteiger partial charge in [0.1, 0.15) is 12.4 Å². The summed E-state index contributed by atoms with van der Waals surface area (Å²) in [5, 5.41) is 24.1. The zero-order valence-electron chi connectivity index (χ0n) is 12.4. The SMILES string of the molecule is C.O=C(NCCOc1ccccc1)c1cc([N+](=O)[O-])cc([N+](=O)[O-])c1. The van der Waals surface area contributed by atoms with Crippen LogP contribution in [0.15, 0.2) is 48.5 Å². The number of carbonyl (C=O) groups excluding carboxylic acids is 1. The van der Waals surface area contributed by atoms with Gasteiger partial charge in [0.05, 0.1) is 28.0 Å². The largest absolute Gasteiger partial charge is 0.492 e. The van der Waals surface area contributed by atoms with Crippen LogP contribution in [0, 0.1) is 20.2 Å². The van der Waals surface area contributed by atoms with Gasteiger partial charge in [0.15, 0.2) is 0 Å². The molecule has 0 heterocycles. The molecule has 0 atom stereocenters. The van der Waals surface area contributed by atoms with Crippen LogP contribution in [0.4, 0.5) is 11.4 Å². The predicted octanol–water partition coefficient (Wildman–Crippen LogP) is 2.95. The number of carbonyl (C=O) groups is 1. The molecule has 2 rings (SSSR count). The molecule has 0 unspecified atom stereocenters. The Morgan fingerprint density at radius 3 is 2.08 bits per heavy atom. The molecule has 0 fully saturated rings. The molecule has 0 radical (unpaired) electrons. The summed E-state index contributed by atoms with van der Waals surface area (Å²) in [5.41, 5.74) is -1.19. The lowest BCUT2D eigenvalue weighted by Crippen LogP contribution is -2.28. The summed E-state index contributed by atoms with van der Waals surface area (Å²) in [5.74, 6) is -0.0174. The average molecular weight is 347 g/mol. The van der Waals surface area contributed by atoms with Gasteiger partial charge in [0.25, 0.3) is 17.3 Å². The van der Waals surface area contributed by atoms with Gasteiger partial charge in [-0.15, -0.1) is 0 Å². The van der Waals surface area contributed by atoms with Crippen molar-refractivity contribution in [3.8, 4) is 5.75 Å². The van der Waals surface area contributed by atoms with Crippen molar-refractivity contribution in [2.45, 2.75) is 7.43 Å². The number of hydrogen-bond donors (Lipinski definition) is 1. The number of nitrogens with one attached hydrogen (secondary N) is 1. The lowest BCUT2D eigenvalue weighted by molar-refractivity contribution is -0.394. The maximum atomic E-state index is 12.0. The Balaban J connectivity index is 0.00000312. The van der Waals surface area contributed by atoms with Gasteiger partial charge in [-0.25, -0.2) is 0 Å². The van der Waals surface area contributed by atoms with Crippen LogP contribution < -0.4 is 10.1 Å². The summed E-state index contributed by atoms with van der Waals surface area (Å²) in [7, 11) is 0. The Hall–Kier alpha value is -3.49. The first-order valence-corrected chi connectivity index (χ1v) is 6.87. The lowest BCUT2D eigenvalue weighted by atomic mass is 10.1. The van der Waals surface area contributed by atoms with E-state index in [2.05, 4.69) is 5.32 Å². The molecule has 9 heteroatoms. The van der Waals surface area contributed by atoms with Crippen molar-refractivity contribution in [2.24, 2.45) is 0 Å². The van der Waals surface area contributed by atoms with E-state index in [-0.39, 0.29) is 26.1 Å². The van der Waals surface area contributed by atoms with Gasteiger partial charge in [-0.2, -0.15) is 0 Å². The molecule has 132 valence electrons. The van der Waals surface area contributed by atoms with Gasteiger partial charge in [0.2, 0.25) is 0 Å². The van der Waals surface area contributed by atoms with Crippen molar-refractivity contribution in [3.63, 3.8) is 0 Å². The van der Waals surface area contributed by atoms with E-state index in [4.69, 9.17) is 4.74 Å². The summed E-state index contributed by atoms with van der Waals surface area (Å²) >= 11 is 0. The number of nitro groups is 2. The second-order valence-electron chi connectivity index (χ2n) is 4.67. The highest BCUT2D eigenvalue weighted by atomic mass is 16.6. The van der Waals surface area contributed by atoms with Gasteiger partial charge in [-0.05, 0) is 12.1 Å². The van der Waals surface area contributed by atoms with E-state index in [9.17, 15) is 25.0 Å². The third-order valence-corrected chi connectivity index (χ3v) is 2.99. The van der Waals surface area contributed by atoms with Gasteiger partial charge < -0.3 is 10.1 Å². The average Bonchev–Trinajstić information content (AvgIpc) is 2.59. The number of ether oxygens (including phenoxy) is 1. The van der Waals surface area contributed by atoms with E-state index in [1.54, 1.807) is 24.3 Å². The highest BCUT2D eigenvalue weighted by molar-refractivity contribution is 5.95. The van der Waals surface area contributed by atoms with Gasteiger partial charge in [0, 0.05) is 12.1 Å². The predicted molar refractivity (Wildman–Crippen MR) is 90.8 cm³/mol. The lowest BCUT2D eigenvalue weighted by Gasteiger charge is -2.07. The molecule has 2 aromatic carbocycles. The Morgan fingerprint density at radius 2 is 1.56 bits per heavy atom. The molecule has 0 bridgehead atoms. The van der Waals surface area contributed by atoms with E-state index in [0.717, 1.165) is 18.2 Å². The van der Waals surface area contributed by atoms with Crippen LogP contribution in [0.3, 0.4) is 0 Å². The molecular weight excluding hydrogens is 330 g/mol. The maximum Gasteiger partial charge on any atom is 0.277 e. The highest BCUT2D eigenvalue weighted by Gasteiger charge is 2.19. The summed E-state index contributed by atoms with van der Waals surface area (Å²) < 4.78 is 5.38. The first-order chi connectivity index (χ1) is 11.5. The topological polar surface area (TPSA) is 125 Å². The smallest absolute Gasteiger partial charge is 0.277 e. The minimum Gasteiger partial charge on any atom is -0.492 e. The minimum atomic E-state index is -0.789. The van der Waals surface area contributed by atoms with Gasteiger partial charge in [-0.3, -0.25) is 25.0 Å². The molecule has 0 spiro atoms. The highest BCUT2D eigenvalue weighted by Crippen LogP contribution is 2.22. The van der Waals surface area contributed by atoms with Gasteiger partial charge in [-0.1, -0.05) is 25.6 Å². The first kappa shape index (κ1) is 19.6. The van der Waals surface area contributed by atoms with Crippen LogP contribution in [-0.4, -0.2) is 28.9 Å². The number of nitrogens with zero attached hydrogens (tertiary/aromatic N) is 2. The quantitative estimate of drug-likeness (QED) is 0.466. The number of amides is 1. The fourth-order valence-corrected chi connectivity index (χ4v) is 1.89. The molecule has 2 aromatic rings. The minimum absolute atomic E-state index is 0. The van der Waals surface area contributed by atoms with Crippen molar-refractivity contribution >= 4 is 17.3 Å². The Morgan fingerprint density at radius 1 is 1.00 bits per heavy atom. The van der Waals surface area contributed by atoms with E-state index in [1.807, 2.05) is 6.07 Å². The molecule has 0 aromatic heterocycles. The van der Waals surface area contributed by atoms with Crippen LogP contribution >= 0.6 is 0 Å².